The number of hydrogen-bond donors (Lipinski definition) is 2. The van der Waals surface area contributed by atoms with E-state index in [-0.39, 0.29) is 6.10 Å². The van der Waals surface area contributed by atoms with Gasteiger partial charge in [-0.25, -0.2) is 4.79 Å². The number of aryl methyl sites for hydroxylation is 2. The van der Waals surface area contributed by atoms with Crippen LogP contribution in [0.2, 0.25) is 0 Å². The van der Waals surface area contributed by atoms with Gasteiger partial charge >= 0.3 is 6.09 Å². The van der Waals surface area contributed by atoms with Gasteiger partial charge in [-0.3, -0.25) is 4.68 Å². The van der Waals surface area contributed by atoms with Crippen molar-refractivity contribution in [3.63, 3.8) is 0 Å². The SMILES string of the molecule is CNc1sc2c(c1C#N)CCC(OC(=O)NCc1ccnn1C)C2.COc1cccc(CCC=O)c1. The standard InChI is InChI=1S/C16H19N5O2S.C10H12O2/c1-18-15-13(8-17)12-4-3-11(7-14(12)24-15)23-16(22)19-9-10-5-6-20-21(10)2;1-12-10-6-2-4-9(8-10)5-3-7-11/h5-6,11,18H,3-4,7,9H2,1-2H3,(H,19,22);2,4,6-8H,3,5H2,1H3. The molecular weight excluding hydrogens is 478 g/mol. The Hall–Kier alpha value is -3.84. The number of thiophene rings is 1. The van der Waals surface area contributed by atoms with E-state index in [1.165, 1.54) is 0 Å². The van der Waals surface area contributed by atoms with Crippen LogP contribution in [0.3, 0.4) is 0 Å². The number of nitrogens with one attached hydrogen (secondary N) is 2. The molecule has 3 aromatic rings. The second kappa shape index (κ2) is 13.3. The maximum absolute atomic E-state index is 12.0. The molecule has 0 radical (unpaired) electrons. The minimum absolute atomic E-state index is 0.154. The lowest BCUT2D eigenvalue weighted by molar-refractivity contribution is -0.107. The van der Waals surface area contributed by atoms with Crippen molar-refractivity contribution in [1.82, 2.24) is 15.1 Å². The summed E-state index contributed by atoms with van der Waals surface area (Å²) in [4.78, 5) is 23.2. The molecule has 0 bridgehead atoms. The molecule has 0 saturated carbocycles. The average molecular weight is 510 g/mol. The number of methoxy groups -OCH3 is 1. The first-order valence-electron chi connectivity index (χ1n) is 11.7. The highest BCUT2D eigenvalue weighted by atomic mass is 32.1. The quantitative estimate of drug-likeness (QED) is 0.441. The number of rotatable bonds is 8. The first-order chi connectivity index (χ1) is 17.5. The lowest BCUT2D eigenvalue weighted by Gasteiger charge is -2.22. The molecule has 1 atom stereocenters. The first-order valence-corrected chi connectivity index (χ1v) is 12.5. The fourth-order valence-corrected chi connectivity index (χ4v) is 5.15. The van der Waals surface area contributed by atoms with Crippen molar-refractivity contribution in [1.29, 1.82) is 5.26 Å². The maximum atomic E-state index is 12.0. The summed E-state index contributed by atoms with van der Waals surface area (Å²) >= 11 is 1.57. The van der Waals surface area contributed by atoms with Gasteiger partial charge in [0, 0.05) is 38.0 Å². The number of anilines is 1. The molecule has 1 amide bonds. The molecule has 0 fully saturated rings. The fraction of sp³-hybridized carbons (Fsp3) is 0.385. The minimum Gasteiger partial charge on any atom is -0.497 e. The van der Waals surface area contributed by atoms with E-state index in [0.717, 1.165) is 63.6 Å². The van der Waals surface area contributed by atoms with E-state index in [1.807, 2.05) is 44.4 Å². The summed E-state index contributed by atoms with van der Waals surface area (Å²) < 4.78 is 12.3. The normalized spacial score (nSPS) is 13.9. The van der Waals surface area contributed by atoms with Crippen LogP contribution in [0.1, 0.15) is 40.1 Å². The molecule has 36 heavy (non-hydrogen) atoms. The Kier molecular flexibility index (Phi) is 9.89. The van der Waals surface area contributed by atoms with E-state index in [9.17, 15) is 14.9 Å². The highest BCUT2D eigenvalue weighted by Crippen LogP contribution is 2.38. The molecule has 2 aromatic heterocycles. The monoisotopic (exact) mass is 509 g/mol. The Morgan fingerprint density at radius 2 is 2.22 bits per heavy atom. The van der Waals surface area contributed by atoms with E-state index in [0.29, 0.717) is 19.4 Å². The molecule has 4 rings (SSSR count). The predicted molar refractivity (Wildman–Crippen MR) is 138 cm³/mol. The summed E-state index contributed by atoms with van der Waals surface area (Å²) in [6.07, 6.45) is 5.57. The Labute approximate surface area is 215 Å². The predicted octanol–water partition coefficient (Wildman–Crippen LogP) is 4.01. The molecule has 2 N–H and O–H groups in total. The largest absolute Gasteiger partial charge is 0.497 e. The molecule has 1 aliphatic rings. The molecule has 0 aliphatic heterocycles. The molecule has 9 nitrogen and oxygen atoms in total. The van der Waals surface area contributed by atoms with E-state index >= 15 is 0 Å². The number of fused-ring (bicyclic) bond motifs is 1. The van der Waals surface area contributed by atoms with Gasteiger partial charge in [0.2, 0.25) is 0 Å². The van der Waals surface area contributed by atoms with Crippen LogP contribution in [0.25, 0.3) is 0 Å². The van der Waals surface area contributed by atoms with Gasteiger partial charge in [-0.05, 0) is 48.6 Å². The number of ether oxygens (including phenoxy) is 2. The van der Waals surface area contributed by atoms with Crippen LogP contribution < -0.4 is 15.4 Å². The third-order valence-corrected chi connectivity index (χ3v) is 7.13. The number of aromatic nitrogens is 2. The van der Waals surface area contributed by atoms with Gasteiger partial charge in [-0.2, -0.15) is 10.4 Å². The van der Waals surface area contributed by atoms with Crippen LogP contribution in [0.4, 0.5) is 9.80 Å². The van der Waals surface area contributed by atoms with Gasteiger partial charge < -0.3 is 24.9 Å². The minimum atomic E-state index is -0.421. The van der Waals surface area contributed by atoms with Gasteiger partial charge in [-0.15, -0.1) is 11.3 Å². The maximum Gasteiger partial charge on any atom is 0.407 e. The molecule has 190 valence electrons. The fourth-order valence-electron chi connectivity index (χ4n) is 3.93. The van der Waals surface area contributed by atoms with Crippen LogP contribution in [-0.2, 0) is 42.4 Å². The molecule has 1 aromatic carbocycles. The van der Waals surface area contributed by atoms with E-state index < -0.39 is 6.09 Å². The van der Waals surface area contributed by atoms with E-state index in [1.54, 1.807) is 29.3 Å². The van der Waals surface area contributed by atoms with Crippen molar-refractivity contribution in [2.24, 2.45) is 7.05 Å². The highest BCUT2D eigenvalue weighted by Gasteiger charge is 2.27. The van der Waals surface area contributed by atoms with Gasteiger partial charge in [0.05, 0.1) is 24.9 Å². The number of alkyl carbamates (subject to hydrolysis) is 1. The van der Waals surface area contributed by atoms with Crippen molar-refractivity contribution in [2.75, 3.05) is 19.5 Å². The van der Waals surface area contributed by atoms with Crippen molar-refractivity contribution >= 4 is 28.7 Å². The topological polar surface area (TPSA) is 118 Å². The average Bonchev–Trinajstić information content (AvgIpc) is 3.48. The number of nitriles is 1. The zero-order valence-corrected chi connectivity index (χ0v) is 21.6. The molecular formula is C26H31N5O4S. The molecule has 0 saturated heterocycles. The zero-order chi connectivity index (χ0) is 25.9. The number of amides is 1. The van der Waals surface area contributed by atoms with Crippen molar-refractivity contribution < 1.29 is 19.1 Å². The molecule has 1 aliphatic carbocycles. The van der Waals surface area contributed by atoms with Crippen LogP contribution >= 0.6 is 11.3 Å². The van der Waals surface area contributed by atoms with Gasteiger partial charge in [0.15, 0.2) is 0 Å². The third kappa shape index (κ3) is 7.09. The summed E-state index contributed by atoms with van der Waals surface area (Å²) in [6.45, 7) is 0.384. The van der Waals surface area contributed by atoms with Gasteiger partial charge in [-0.1, -0.05) is 12.1 Å². The van der Waals surface area contributed by atoms with Crippen LogP contribution in [0.5, 0.6) is 5.75 Å². The number of aldehydes is 1. The second-order valence-corrected chi connectivity index (χ2v) is 9.30. The molecule has 0 spiro atoms. The summed E-state index contributed by atoms with van der Waals surface area (Å²) in [5, 5.41) is 20.1. The van der Waals surface area contributed by atoms with Crippen LogP contribution in [-0.4, -0.2) is 42.4 Å². The zero-order valence-electron chi connectivity index (χ0n) is 20.7. The number of hydrogen-bond acceptors (Lipinski definition) is 8. The van der Waals surface area contributed by atoms with Crippen LogP contribution in [0.15, 0.2) is 36.5 Å². The number of carbonyl (C=O) groups excluding carboxylic acids is 2. The molecule has 1 unspecified atom stereocenters. The second-order valence-electron chi connectivity index (χ2n) is 8.20. The summed E-state index contributed by atoms with van der Waals surface area (Å²) in [7, 11) is 5.28. The Morgan fingerprint density at radius 3 is 2.89 bits per heavy atom. The highest BCUT2D eigenvalue weighted by molar-refractivity contribution is 7.16. The van der Waals surface area contributed by atoms with Crippen molar-refractivity contribution in [3.8, 4) is 11.8 Å². The first kappa shape index (κ1) is 26.8. The van der Waals surface area contributed by atoms with E-state index in [4.69, 9.17) is 9.47 Å². The number of carbonyl (C=O) groups is 2. The van der Waals surface area contributed by atoms with E-state index in [2.05, 4.69) is 21.8 Å². The summed E-state index contributed by atoms with van der Waals surface area (Å²) in [5.74, 6) is 0.846. The van der Waals surface area contributed by atoms with Crippen molar-refractivity contribution in [3.05, 3.63) is 63.8 Å². The molecule has 10 heteroatoms. The van der Waals surface area contributed by atoms with Gasteiger partial charge in [0.25, 0.3) is 0 Å². The Balaban J connectivity index is 0.000000253. The smallest absolute Gasteiger partial charge is 0.407 e. The number of nitrogens with zero attached hydrogens (tertiary/aromatic N) is 3. The third-order valence-electron chi connectivity index (χ3n) is 5.85. The van der Waals surface area contributed by atoms with Crippen molar-refractivity contribution in [2.45, 2.75) is 44.8 Å². The number of benzene rings is 1. The summed E-state index contributed by atoms with van der Waals surface area (Å²) in [6, 6.07) is 11.9. The van der Waals surface area contributed by atoms with Crippen LogP contribution in [0, 0.1) is 11.3 Å². The Bertz CT molecular complexity index is 1210. The summed E-state index contributed by atoms with van der Waals surface area (Å²) in [5.41, 5.74) is 3.88. The molecule has 2 heterocycles. The lowest BCUT2D eigenvalue weighted by Crippen LogP contribution is -2.32. The lowest BCUT2D eigenvalue weighted by atomic mass is 9.94. The van der Waals surface area contributed by atoms with Gasteiger partial charge in [0.1, 0.15) is 29.2 Å². The Morgan fingerprint density at radius 1 is 1.39 bits per heavy atom.